The Hall–Kier alpha value is -4.59. The van der Waals surface area contributed by atoms with E-state index in [9.17, 15) is 13.6 Å². The lowest BCUT2D eigenvalue weighted by atomic mass is 9.85. The molecule has 3 heterocycles. The summed E-state index contributed by atoms with van der Waals surface area (Å²) >= 11 is 0. The third-order valence-corrected chi connectivity index (χ3v) is 6.19. The van der Waals surface area contributed by atoms with E-state index in [1.807, 2.05) is 0 Å². The second kappa shape index (κ2) is 9.22. The van der Waals surface area contributed by atoms with Gasteiger partial charge in [-0.15, -0.1) is 0 Å². The molecule has 36 heavy (non-hydrogen) atoms. The number of nitrogens with two attached hydrogens (primary N) is 1. The lowest BCUT2D eigenvalue weighted by Gasteiger charge is -2.40. The summed E-state index contributed by atoms with van der Waals surface area (Å²) in [7, 11) is 1.72. The maximum absolute atomic E-state index is 15.0. The van der Waals surface area contributed by atoms with Crippen LogP contribution in [-0.2, 0) is 4.79 Å². The summed E-state index contributed by atoms with van der Waals surface area (Å²) < 4.78 is 36.9. The van der Waals surface area contributed by atoms with E-state index in [1.165, 1.54) is 12.4 Å². The number of halogens is 2. The summed E-state index contributed by atoms with van der Waals surface area (Å²) in [5.41, 5.74) is 7.31. The van der Waals surface area contributed by atoms with E-state index in [1.54, 1.807) is 41.9 Å². The smallest absolute Gasteiger partial charge is 0.322 e. The van der Waals surface area contributed by atoms with E-state index in [-0.39, 0.29) is 35.4 Å². The first kappa shape index (κ1) is 23.2. The van der Waals surface area contributed by atoms with Crippen LogP contribution in [0.4, 0.5) is 14.6 Å². The number of hydrogen-bond donors (Lipinski definition) is 1. The van der Waals surface area contributed by atoms with Gasteiger partial charge in [-0.2, -0.15) is 5.10 Å². The number of anilines is 1. The van der Waals surface area contributed by atoms with Crippen molar-refractivity contribution in [3.05, 3.63) is 54.5 Å². The molecule has 9 nitrogen and oxygen atoms in total. The van der Waals surface area contributed by atoms with Gasteiger partial charge >= 0.3 is 6.01 Å². The van der Waals surface area contributed by atoms with Crippen LogP contribution in [0.5, 0.6) is 11.8 Å². The van der Waals surface area contributed by atoms with Crippen molar-refractivity contribution in [2.75, 3.05) is 12.8 Å². The first-order valence-electron chi connectivity index (χ1n) is 11.1. The fraction of sp³-hybridized carbons (Fsp3) is 0.240. The van der Waals surface area contributed by atoms with E-state index in [4.69, 9.17) is 10.5 Å². The van der Waals surface area contributed by atoms with Crippen LogP contribution in [0.2, 0.25) is 0 Å². The number of nitrogens with zero attached hydrogens (tertiary/aromatic N) is 6. The third kappa shape index (κ3) is 4.07. The van der Waals surface area contributed by atoms with Crippen molar-refractivity contribution in [3.8, 4) is 34.9 Å². The minimum absolute atomic E-state index is 0.0109. The predicted octanol–water partition coefficient (Wildman–Crippen LogP) is 3.73. The van der Waals surface area contributed by atoms with Crippen LogP contribution in [0.1, 0.15) is 25.8 Å². The highest BCUT2D eigenvalue weighted by Crippen LogP contribution is 2.41. The lowest BCUT2D eigenvalue weighted by molar-refractivity contribution is -0.128. The molecule has 0 aliphatic heterocycles. The molecular formula is C25H21F2N7O2. The summed E-state index contributed by atoms with van der Waals surface area (Å²) in [6, 6.07) is 5.35. The van der Waals surface area contributed by atoms with Crippen LogP contribution in [-0.4, -0.2) is 48.6 Å². The second-order valence-corrected chi connectivity index (χ2v) is 8.36. The van der Waals surface area contributed by atoms with Gasteiger partial charge < -0.3 is 15.4 Å². The molecule has 1 aliphatic rings. The number of rotatable bonds is 5. The molecule has 0 radical (unpaired) electrons. The number of aromatic nitrogens is 5. The van der Waals surface area contributed by atoms with Crippen molar-refractivity contribution in [3.63, 3.8) is 0 Å². The standard InChI is InChI=1S/C25H21F2N7O2/c1-3-5-20(35)33(2)15-12-16(13-15)34-19-6-9-29-24(28)21(19)22(32-34)14-10-17(26)23(18(27)11-14)36-25-30-7-4-8-31-25/h4,6-11,15-16H,12-13H2,1-2H3,(H2,28,29)/t15-,16+. The third-order valence-electron chi connectivity index (χ3n) is 6.19. The maximum Gasteiger partial charge on any atom is 0.322 e. The van der Waals surface area contributed by atoms with E-state index in [2.05, 4.69) is 31.9 Å². The molecule has 0 unspecified atom stereocenters. The minimum atomic E-state index is -0.941. The number of nitrogen functional groups attached to an aromatic ring is 1. The molecule has 0 saturated heterocycles. The lowest BCUT2D eigenvalue weighted by Crippen LogP contribution is -2.46. The zero-order valence-corrected chi connectivity index (χ0v) is 19.4. The molecule has 0 atom stereocenters. The van der Waals surface area contributed by atoms with E-state index >= 15 is 0 Å². The number of carbonyl (C=O) groups is 1. The topological polar surface area (TPSA) is 112 Å². The van der Waals surface area contributed by atoms with Gasteiger partial charge in [-0.1, -0.05) is 5.92 Å². The van der Waals surface area contributed by atoms with Gasteiger partial charge in [0.15, 0.2) is 11.6 Å². The van der Waals surface area contributed by atoms with Crippen LogP contribution in [0.15, 0.2) is 42.9 Å². The Bertz CT molecular complexity index is 1500. The van der Waals surface area contributed by atoms with Gasteiger partial charge in [0.25, 0.3) is 5.91 Å². The Morgan fingerprint density at radius 1 is 1.17 bits per heavy atom. The first-order chi connectivity index (χ1) is 17.4. The maximum atomic E-state index is 15.0. The molecule has 2 N–H and O–H groups in total. The number of carbonyl (C=O) groups excluding carboxylic acids is 1. The molecule has 1 fully saturated rings. The molecule has 3 aromatic heterocycles. The monoisotopic (exact) mass is 489 g/mol. The fourth-order valence-corrected chi connectivity index (χ4v) is 4.25. The molecule has 4 aromatic rings. The zero-order chi connectivity index (χ0) is 25.4. The van der Waals surface area contributed by atoms with Crippen molar-refractivity contribution < 1.29 is 18.3 Å². The number of ether oxygens (including phenoxy) is 1. The number of hydrogen-bond acceptors (Lipinski definition) is 7. The van der Waals surface area contributed by atoms with Gasteiger partial charge in [-0.05, 0) is 50.0 Å². The van der Waals surface area contributed by atoms with Crippen LogP contribution < -0.4 is 10.5 Å². The Morgan fingerprint density at radius 3 is 2.53 bits per heavy atom. The van der Waals surface area contributed by atoms with Crippen molar-refractivity contribution in [2.45, 2.75) is 31.8 Å². The van der Waals surface area contributed by atoms with E-state index in [0.29, 0.717) is 29.4 Å². The predicted molar refractivity (Wildman–Crippen MR) is 128 cm³/mol. The second-order valence-electron chi connectivity index (χ2n) is 8.36. The Kier molecular flexibility index (Phi) is 5.93. The van der Waals surface area contributed by atoms with Gasteiger partial charge in [0, 0.05) is 37.2 Å². The van der Waals surface area contributed by atoms with Gasteiger partial charge in [-0.3, -0.25) is 9.48 Å². The minimum Gasteiger partial charge on any atom is -0.418 e. The Morgan fingerprint density at radius 2 is 1.86 bits per heavy atom. The average Bonchev–Trinajstić information content (AvgIpc) is 3.22. The van der Waals surface area contributed by atoms with Gasteiger partial charge in [0.1, 0.15) is 11.5 Å². The Labute approximate surface area is 204 Å². The molecule has 1 saturated carbocycles. The molecule has 0 spiro atoms. The summed E-state index contributed by atoms with van der Waals surface area (Å²) in [5.74, 6) is 2.60. The van der Waals surface area contributed by atoms with Crippen molar-refractivity contribution >= 4 is 22.6 Å². The van der Waals surface area contributed by atoms with Crippen molar-refractivity contribution in [1.82, 2.24) is 29.6 Å². The highest BCUT2D eigenvalue weighted by Gasteiger charge is 2.37. The normalized spacial score (nSPS) is 16.7. The van der Waals surface area contributed by atoms with Crippen molar-refractivity contribution in [1.29, 1.82) is 0 Å². The summed E-state index contributed by atoms with van der Waals surface area (Å²) in [6.45, 7) is 1.62. The molecule has 182 valence electrons. The highest BCUT2D eigenvalue weighted by atomic mass is 19.1. The average molecular weight is 489 g/mol. The number of fused-ring (bicyclic) bond motifs is 1. The van der Waals surface area contributed by atoms with Gasteiger partial charge in [-0.25, -0.2) is 23.7 Å². The first-order valence-corrected chi connectivity index (χ1v) is 11.1. The van der Waals surface area contributed by atoms with Crippen LogP contribution in [0.3, 0.4) is 0 Å². The fourth-order valence-electron chi connectivity index (χ4n) is 4.25. The summed E-state index contributed by atoms with van der Waals surface area (Å²) in [5, 5.41) is 5.17. The Balaban J connectivity index is 1.49. The van der Waals surface area contributed by atoms with Gasteiger partial charge in [0.2, 0.25) is 5.75 Å². The zero-order valence-electron chi connectivity index (χ0n) is 19.4. The van der Waals surface area contributed by atoms with E-state index < -0.39 is 17.4 Å². The van der Waals surface area contributed by atoms with Gasteiger partial charge in [0.05, 0.1) is 16.9 Å². The molecule has 5 rings (SSSR count). The van der Waals surface area contributed by atoms with Crippen LogP contribution in [0.25, 0.3) is 22.2 Å². The van der Waals surface area contributed by atoms with Crippen LogP contribution >= 0.6 is 0 Å². The number of benzene rings is 1. The quantitative estimate of drug-likeness (QED) is 0.425. The van der Waals surface area contributed by atoms with E-state index in [0.717, 1.165) is 12.1 Å². The molecule has 0 bridgehead atoms. The van der Waals surface area contributed by atoms with Crippen LogP contribution in [0, 0.1) is 23.5 Å². The largest absolute Gasteiger partial charge is 0.418 e. The molecule has 1 amide bonds. The molecular weight excluding hydrogens is 468 g/mol. The highest BCUT2D eigenvalue weighted by molar-refractivity contribution is 6.00. The molecule has 1 aliphatic carbocycles. The number of pyridine rings is 1. The number of amides is 1. The SMILES string of the molecule is CC#CC(=O)N(C)[C@H]1C[C@@H](n2nc(-c3cc(F)c(Oc4ncccn4)c(F)c3)c3c(N)nccc32)C1. The molecule has 1 aromatic carbocycles. The summed E-state index contributed by atoms with van der Waals surface area (Å²) in [6.07, 6.45) is 5.66. The van der Waals surface area contributed by atoms with Crippen molar-refractivity contribution in [2.24, 2.45) is 0 Å². The molecule has 11 heteroatoms. The summed E-state index contributed by atoms with van der Waals surface area (Å²) in [4.78, 5) is 25.5.